The number of aromatic amines is 4. The van der Waals surface area contributed by atoms with E-state index in [0.29, 0.717) is 39.1 Å². The minimum Gasteiger partial charge on any atom is -0.460 e. The molecule has 0 saturated heterocycles. The Morgan fingerprint density at radius 2 is 1.12 bits per heavy atom. The van der Waals surface area contributed by atoms with Crippen molar-refractivity contribution in [1.29, 1.82) is 0 Å². The predicted octanol–water partition coefficient (Wildman–Crippen LogP) is 7.07. The molecule has 0 bridgehead atoms. The summed E-state index contributed by atoms with van der Waals surface area (Å²) in [6, 6.07) is 25.0. The zero-order valence-corrected chi connectivity index (χ0v) is 22.9. The van der Waals surface area contributed by atoms with Gasteiger partial charge in [0.2, 0.25) is 0 Å². The number of hydrogen-bond acceptors (Lipinski definition) is 3. The van der Waals surface area contributed by atoms with Crippen molar-refractivity contribution in [3.8, 4) is 33.8 Å². The van der Waals surface area contributed by atoms with Crippen LogP contribution in [0.1, 0.15) is 39.5 Å². The van der Waals surface area contributed by atoms with Crippen LogP contribution in [0.25, 0.3) is 33.8 Å². The number of hydrogen-bond donors (Lipinski definition) is 4. The summed E-state index contributed by atoms with van der Waals surface area (Å²) in [4.78, 5) is 27.0. The predicted molar refractivity (Wildman–Crippen MR) is 158 cm³/mol. The highest BCUT2D eigenvalue weighted by Gasteiger charge is 2.33. The first kappa shape index (κ1) is 25.5. The molecule has 0 unspecified atom stereocenters. The van der Waals surface area contributed by atoms with Crippen molar-refractivity contribution in [1.82, 2.24) is 20.4 Å². The van der Waals surface area contributed by atoms with E-state index in [0.717, 1.165) is 33.4 Å². The Labute approximate surface area is 234 Å². The number of nitrogens with one attached hydrogen (secondary N) is 4. The smallest absolute Gasteiger partial charge is 0.268 e. The molecule has 0 spiro atoms. The van der Waals surface area contributed by atoms with Crippen LogP contribution in [0.4, 0.5) is 0 Å². The van der Waals surface area contributed by atoms with Gasteiger partial charge in [0, 0.05) is 10.6 Å². The Hall–Kier alpha value is -4.75. The summed E-state index contributed by atoms with van der Waals surface area (Å²) in [7, 11) is 0. The second kappa shape index (κ2) is 10.1. The number of H-pyrrole nitrogens is 4. The zero-order valence-electron chi connectivity index (χ0n) is 22.2. The van der Waals surface area contributed by atoms with Crippen molar-refractivity contribution in [3.63, 3.8) is 0 Å². The lowest BCUT2D eigenvalue weighted by atomic mass is 9.86. The van der Waals surface area contributed by atoms with Crippen molar-refractivity contribution < 1.29 is 4.42 Å². The molecule has 3 aromatic carbocycles. The minimum absolute atomic E-state index is 0.340. The highest BCUT2D eigenvalue weighted by molar-refractivity contribution is 6.31. The summed E-state index contributed by atoms with van der Waals surface area (Å²) < 4.78 is 6.41. The van der Waals surface area contributed by atoms with Crippen molar-refractivity contribution in [2.45, 2.75) is 26.7 Å². The second-order valence-corrected chi connectivity index (χ2v) is 10.5. The van der Waals surface area contributed by atoms with Gasteiger partial charge in [-0.15, -0.1) is 0 Å². The third-order valence-corrected chi connectivity index (χ3v) is 7.66. The lowest BCUT2D eigenvalue weighted by Crippen LogP contribution is -2.19. The van der Waals surface area contributed by atoms with Gasteiger partial charge in [-0.1, -0.05) is 83.4 Å². The van der Waals surface area contributed by atoms with Gasteiger partial charge in [-0.05, 0) is 55.7 Å². The fourth-order valence-electron chi connectivity index (χ4n) is 5.02. The number of aryl methyl sites for hydroxylation is 3. The van der Waals surface area contributed by atoms with Gasteiger partial charge < -0.3 is 4.42 Å². The summed E-state index contributed by atoms with van der Waals surface area (Å²) in [5.41, 5.74) is 6.81. The Morgan fingerprint density at radius 1 is 0.625 bits per heavy atom. The lowest BCUT2D eigenvalue weighted by Gasteiger charge is -2.15. The van der Waals surface area contributed by atoms with Gasteiger partial charge in [-0.2, -0.15) is 0 Å². The van der Waals surface area contributed by atoms with Crippen molar-refractivity contribution >= 4 is 11.6 Å². The molecule has 0 fully saturated rings. The van der Waals surface area contributed by atoms with E-state index < -0.39 is 5.92 Å². The summed E-state index contributed by atoms with van der Waals surface area (Å²) in [6.07, 6.45) is 0. The highest BCUT2D eigenvalue weighted by Crippen LogP contribution is 2.40. The Kier molecular flexibility index (Phi) is 6.44. The first-order valence-corrected chi connectivity index (χ1v) is 13.3. The topological polar surface area (TPSA) is 110 Å². The molecular weight excluding hydrogens is 524 g/mol. The van der Waals surface area contributed by atoms with Gasteiger partial charge in [0.1, 0.15) is 11.5 Å². The monoisotopic (exact) mass is 550 g/mol. The van der Waals surface area contributed by atoms with E-state index in [2.05, 4.69) is 20.4 Å². The summed E-state index contributed by atoms with van der Waals surface area (Å²) in [5, 5.41) is 12.2. The standard InChI is InChI=1S/C32H27ClN4O3/c1-17-4-9-20(10-5-17)29-27(31(38)36-34-29)26(25-15-14-24(40-25)22-13-8-19(3)23(33)16-22)28-30(35-37-32(28)39)21-11-6-18(2)7-12-21/h4-16,26H,1-3H3,(H2,34,36,38)(H2,35,37,39). The van der Waals surface area contributed by atoms with Crippen LogP contribution in [0.3, 0.4) is 0 Å². The molecule has 0 saturated carbocycles. The normalized spacial score (nSPS) is 11.4. The molecule has 0 aliphatic carbocycles. The van der Waals surface area contributed by atoms with E-state index in [1.54, 1.807) is 0 Å². The van der Waals surface area contributed by atoms with E-state index in [1.807, 2.05) is 99.6 Å². The van der Waals surface area contributed by atoms with Gasteiger partial charge in [0.15, 0.2) is 0 Å². The molecule has 7 nitrogen and oxygen atoms in total. The third kappa shape index (κ3) is 4.54. The molecule has 40 heavy (non-hydrogen) atoms. The number of furan rings is 1. The average molecular weight is 551 g/mol. The van der Waals surface area contributed by atoms with Crippen LogP contribution in [0.2, 0.25) is 5.02 Å². The molecule has 0 radical (unpaired) electrons. The van der Waals surface area contributed by atoms with Crippen LogP contribution in [0.5, 0.6) is 0 Å². The lowest BCUT2D eigenvalue weighted by molar-refractivity contribution is 0.515. The van der Waals surface area contributed by atoms with E-state index >= 15 is 0 Å². The molecule has 3 aromatic heterocycles. The molecule has 6 rings (SSSR count). The van der Waals surface area contributed by atoms with E-state index in [9.17, 15) is 9.59 Å². The first-order valence-electron chi connectivity index (χ1n) is 12.9. The highest BCUT2D eigenvalue weighted by atomic mass is 35.5. The molecular formula is C32H27ClN4O3. The molecule has 4 N–H and O–H groups in total. The quantitative estimate of drug-likeness (QED) is 0.178. The number of rotatable bonds is 6. The van der Waals surface area contributed by atoms with Gasteiger partial charge >= 0.3 is 0 Å². The van der Waals surface area contributed by atoms with Gasteiger partial charge in [-0.3, -0.25) is 30.0 Å². The Balaban J connectivity index is 1.59. The molecule has 0 aliphatic rings. The molecule has 6 aromatic rings. The molecule has 0 aliphatic heterocycles. The van der Waals surface area contributed by atoms with E-state index in [-0.39, 0.29) is 11.1 Å². The molecule has 8 heteroatoms. The third-order valence-electron chi connectivity index (χ3n) is 7.26. The van der Waals surface area contributed by atoms with Crippen LogP contribution in [-0.2, 0) is 0 Å². The van der Waals surface area contributed by atoms with E-state index in [4.69, 9.17) is 16.0 Å². The van der Waals surface area contributed by atoms with Crippen LogP contribution < -0.4 is 11.1 Å². The summed E-state index contributed by atoms with van der Waals surface area (Å²) in [6.45, 7) is 5.94. The van der Waals surface area contributed by atoms with Crippen molar-refractivity contribution in [3.05, 3.63) is 138 Å². The number of halogens is 1. The SMILES string of the molecule is Cc1ccc(-c2[nH][nH]c(=O)c2C(c2ccc(-c3ccc(C)c(Cl)c3)o2)c2c(-c3ccc(C)cc3)[nH][nH]c2=O)cc1. The minimum atomic E-state index is -0.827. The van der Waals surface area contributed by atoms with Crippen LogP contribution in [-0.4, -0.2) is 20.4 Å². The van der Waals surface area contributed by atoms with Crippen LogP contribution in [0, 0.1) is 20.8 Å². The molecule has 3 heterocycles. The summed E-state index contributed by atoms with van der Waals surface area (Å²) in [5.74, 6) is 0.200. The average Bonchev–Trinajstić information content (AvgIpc) is 3.68. The maximum atomic E-state index is 13.5. The number of benzene rings is 3. The molecule has 200 valence electrons. The second-order valence-electron chi connectivity index (χ2n) is 10.1. The van der Waals surface area contributed by atoms with E-state index in [1.165, 1.54) is 0 Å². The molecule has 0 atom stereocenters. The maximum absolute atomic E-state index is 13.5. The van der Waals surface area contributed by atoms with Crippen LogP contribution in [0.15, 0.2) is 92.9 Å². The Bertz CT molecular complexity index is 1840. The fraction of sp³-hybridized carbons (Fsp3) is 0.125. The first-order chi connectivity index (χ1) is 19.3. The van der Waals surface area contributed by atoms with Gasteiger partial charge in [-0.25, -0.2) is 0 Å². The Morgan fingerprint density at radius 3 is 1.62 bits per heavy atom. The maximum Gasteiger partial charge on any atom is 0.268 e. The van der Waals surface area contributed by atoms with Crippen molar-refractivity contribution in [2.75, 3.05) is 0 Å². The zero-order chi connectivity index (χ0) is 28.0. The van der Waals surface area contributed by atoms with Crippen molar-refractivity contribution in [2.24, 2.45) is 0 Å². The fourth-order valence-corrected chi connectivity index (χ4v) is 5.20. The van der Waals surface area contributed by atoms with Crippen LogP contribution >= 0.6 is 11.6 Å². The molecule has 0 amide bonds. The largest absolute Gasteiger partial charge is 0.460 e. The van der Waals surface area contributed by atoms with Gasteiger partial charge in [0.05, 0.1) is 28.4 Å². The number of aromatic nitrogens is 4. The van der Waals surface area contributed by atoms with Gasteiger partial charge in [0.25, 0.3) is 11.1 Å². The summed E-state index contributed by atoms with van der Waals surface area (Å²) >= 11 is 6.40.